The third kappa shape index (κ3) is 5.81. The van der Waals surface area contributed by atoms with Crippen molar-refractivity contribution in [3.63, 3.8) is 0 Å². The number of benzene rings is 3. The van der Waals surface area contributed by atoms with Gasteiger partial charge in [0.05, 0.1) is 12.6 Å². The molecule has 37 heavy (non-hydrogen) atoms. The van der Waals surface area contributed by atoms with E-state index in [1.165, 1.54) is 37.8 Å². The van der Waals surface area contributed by atoms with E-state index >= 15 is 0 Å². The molecule has 1 atom stereocenters. The third-order valence-electron chi connectivity index (χ3n) is 7.96. The number of rotatable bonds is 10. The number of hydrogen-bond acceptors (Lipinski definition) is 6. The van der Waals surface area contributed by atoms with Crippen LogP contribution in [0.3, 0.4) is 0 Å². The maximum atomic E-state index is 10.7. The van der Waals surface area contributed by atoms with Gasteiger partial charge in [-0.15, -0.1) is 0 Å². The summed E-state index contributed by atoms with van der Waals surface area (Å²) >= 11 is 0. The standard InChI is InChI=1S/C31H36N2O4/c32-29(18-34)25-8-5-7-24(16-25)27-14-23(19-37-30-9-2-1-6-26(30)20-36-22-35)15-28(17-27)33-13-12-31(21-33)10-3-4-11-31/h1-2,5-9,14-17,22,29,34H,3-4,10-13,18-21,32H2. The normalized spacial score (nSPS) is 17.2. The van der Waals surface area contributed by atoms with Crippen LogP contribution in [0.25, 0.3) is 11.1 Å². The van der Waals surface area contributed by atoms with Gasteiger partial charge in [-0.05, 0) is 77.3 Å². The highest BCUT2D eigenvalue weighted by molar-refractivity contribution is 5.71. The predicted octanol–water partition coefficient (Wildman–Crippen LogP) is 5.37. The van der Waals surface area contributed by atoms with Gasteiger partial charge in [-0.2, -0.15) is 0 Å². The lowest BCUT2D eigenvalue weighted by Gasteiger charge is -2.25. The minimum atomic E-state index is -0.406. The first-order valence-corrected chi connectivity index (χ1v) is 13.2. The van der Waals surface area contributed by atoms with Gasteiger partial charge in [-0.25, -0.2) is 0 Å². The van der Waals surface area contributed by atoms with Gasteiger partial charge in [0.2, 0.25) is 0 Å². The second-order valence-electron chi connectivity index (χ2n) is 10.5. The average molecular weight is 501 g/mol. The summed E-state index contributed by atoms with van der Waals surface area (Å²) in [6.07, 6.45) is 6.62. The van der Waals surface area contributed by atoms with Crippen LogP contribution in [0, 0.1) is 5.41 Å². The van der Waals surface area contributed by atoms with E-state index in [1.54, 1.807) is 0 Å². The number of para-hydroxylation sites is 1. The average Bonchev–Trinajstić information content (AvgIpc) is 3.60. The van der Waals surface area contributed by atoms with Gasteiger partial charge < -0.3 is 25.2 Å². The molecule has 2 aliphatic rings. The highest BCUT2D eigenvalue weighted by atomic mass is 16.5. The summed E-state index contributed by atoms with van der Waals surface area (Å²) in [5.74, 6) is 0.707. The Morgan fingerprint density at radius 2 is 1.81 bits per heavy atom. The molecule has 0 bridgehead atoms. The van der Waals surface area contributed by atoms with Crippen LogP contribution < -0.4 is 15.4 Å². The molecule has 3 N–H and O–H groups in total. The molecule has 1 saturated heterocycles. The molecule has 1 unspecified atom stereocenters. The molecule has 194 valence electrons. The van der Waals surface area contributed by atoms with Crippen LogP contribution in [0.15, 0.2) is 66.7 Å². The molecule has 0 radical (unpaired) electrons. The number of anilines is 1. The second-order valence-corrected chi connectivity index (χ2v) is 10.5. The number of hydrogen-bond donors (Lipinski definition) is 2. The van der Waals surface area contributed by atoms with Crippen molar-refractivity contribution < 1.29 is 19.4 Å². The molecule has 6 heteroatoms. The SMILES string of the molecule is NC(CO)c1cccc(-c2cc(COc3ccccc3COC=O)cc(N3CCC4(CCCC4)C3)c2)c1. The van der Waals surface area contributed by atoms with Crippen molar-refractivity contribution in [2.45, 2.75) is 51.4 Å². The number of carbonyl (C=O) groups excluding carboxylic acids is 1. The zero-order valence-electron chi connectivity index (χ0n) is 21.3. The Bertz CT molecular complexity index is 1220. The maximum absolute atomic E-state index is 10.7. The molecule has 1 aliphatic heterocycles. The van der Waals surface area contributed by atoms with Crippen LogP contribution in [0.4, 0.5) is 5.69 Å². The predicted molar refractivity (Wildman–Crippen MR) is 145 cm³/mol. The number of nitrogens with two attached hydrogens (primary N) is 1. The largest absolute Gasteiger partial charge is 0.488 e. The first kappa shape index (κ1) is 25.3. The summed E-state index contributed by atoms with van der Waals surface area (Å²) in [6, 6.07) is 22.0. The van der Waals surface area contributed by atoms with Gasteiger partial charge in [-0.3, -0.25) is 4.79 Å². The van der Waals surface area contributed by atoms with Crippen molar-refractivity contribution in [2.24, 2.45) is 11.1 Å². The van der Waals surface area contributed by atoms with Crippen LogP contribution >= 0.6 is 0 Å². The van der Waals surface area contributed by atoms with Gasteiger partial charge >= 0.3 is 0 Å². The number of carbonyl (C=O) groups is 1. The van der Waals surface area contributed by atoms with Crippen LogP contribution in [0.5, 0.6) is 5.75 Å². The Labute approximate surface area is 219 Å². The van der Waals surface area contributed by atoms with Crippen molar-refractivity contribution in [3.8, 4) is 16.9 Å². The van der Waals surface area contributed by atoms with Crippen LogP contribution in [0.1, 0.15) is 54.8 Å². The highest BCUT2D eigenvalue weighted by Gasteiger charge is 2.40. The molecule has 0 amide bonds. The van der Waals surface area contributed by atoms with Crippen molar-refractivity contribution in [3.05, 3.63) is 83.4 Å². The molecule has 1 spiro atoms. The summed E-state index contributed by atoms with van der Waals surface area (Å²) in [6.45, 7) is 3.12. The number of aliphatic hydroxyl groups excluding tert-OH is 1. The molecular formula is C31H36N2O4. The Balaban J connectivity index is 1.45. The molecule has 0 aromatic heterocycles. The summed E-state index contributed by atoms with van der Waals surface area (Å²) in [4.78, 5) is 13.2. The molecule has 1 aliphatic carbocycles. The highest BCUT2D eigenvalue weighted by Crippen LogP contribution is 2.46. The number of nitrogens with zero attached hydrogens (tertiary/aromatic N) is 1. The van der Waals surface area contributed by atoms with E-state index in [4.69, 9.17) is 15.2 Å². The van der Waals surface area contributed by atoms with Crippen LogP contribution in [0.2, 0.25) is 0 Å². The molecule has 1 heterocycles. The molecule has 2 fully saturated rings. The molecule has 3 aromatic rings. The van der Waals surface area contributed by atoms with Crippen LogP contribution in [-0.2, 0) is 22.7 Å². The second kappa shape index (κ2) is 11.4. The van der Waals surface area contributed by atoms with Gasteiger partial charge in [-0.1, -0.05) is 49.2 Å². The summed E-state index contributed by atoms with van der Waals surface area (Å²) < 4.78 is 11.2. The number of aliphatic hydroxyl groups is 1. The molecule has 1 saturated carbocycles. The fourth-order valence-corrected chi connectivity index (χ4v) is 5.90. The fraction of sp³-hybridized carbons (Fsp3) is 0.387. The third-order valence-corrected chi connectivity index (χ3v) is 7.96. The van der Waals surface area contributed by atoms with E-state index in [2.05, 4.69) is 35.2 Å². The lowest BCUT2D eigenvalue weighted by atomic mass is 9.86. The minimum Gasteiger partial charge on any atom is -0.488 e. The van der Waals surface area contributed by atoms with Crippen molar-refractivity contribution in [2.75, 3.05) is 24.6 Å². The minimum absolute atomic E-state index is 0.0916. The lowest BCUT2D eigenvalue weighted by Crippen LogP contribution is -2.25. The Morgan fingerprint density at radius 1 is 0.973 bits per heavy atom. The van der Waals surface area contributed by atoms with Gasteiger partial charge in [0, 0.05) is 24.3 Å². The first-order chi connectivity index (χ1) is 18.1. The lowest BCUT2D eigenvalue weighted by molar-refractivity contribution is -0.129. The van der Waals surface area contributed by atoms with E-state index in [0.29, 0.717) is 24.2 Å². The quantitative estimate of drug-likeness (QED) is 0.364. The van der Waals surface area contributed by atoms with E-state index in [-0.39, 0.29) is 13.2 Å². The van der Waals surface area contributed by atoms with Gasteiger partial charge in [0.15, 0.2) is 0 Å². The summed E-state index contributed by atoms with van der Waals surface area (Å²) in [5.41, 5.74) is 12.8. The van der Waals surface area contributed by atoms with E-state index in [1.807, 2.05) is 36.4 Å². The zero-order chi connectivity index (χ0) is 25.7. The van der Waals surface area contributed by atoms with Crippen LogP contribution in [-0.4, -0.2) is 31.3 Å². The summed E-state index contributed by atoms with van der Waals surface area (Å²) in [5, 5.41) is 9.56. The Hall–Kier alpha value is -3.35. The summed E-state index contributed by atoms with van der Waals surface area (Å²) in [7, 11) is 0. The zero-order valence-corrected chi connectivity index (χ0v) is 21.3. The Morgan fingerprint density at radius 3 is 2.62 bits per heavy atom. The fourth-order valence-electron chi connectivity index (χ4n) is 5.90. The maximum Gasteiger partial charge on any atom is 0.293 e. The van der Waals surface area contributed by atoms with E-state index < -0.39 is 6.04 Å². The number of ether oxygens (including phenoxy) is 2. The van der Waals surface area contributed by atoms with Crippen molar-refractivity contribution in [1.29, 1.82) is 0 Å². The van der Waals surface area contributed by atoms with E-state index in [0.717, 1.165) is 40.9 Å². The van der Waals surface area contributed by atoms with E-state index in [9.17, 15) is 9.90 Å². The molecule has 6 nitrogen and oxygen atoms in total. The smallest absolute Gasteiger partial charge is 0.293 e. The monoisotopic (exact) mass is 500 g/mol. The molecular weight excluding hydrogens is 464 g/mol. The topological polar surface area (TPSA) is 85.0 Å². The van der Waals surface area contributed by atoms with Crippen molar-refractivity contribution in [1.82, 2.24) is 0 Å². The van der Waals surface area contributed by atoms with Crippen molar-refractivity contribution >= 4 is 12.2 Å². The Kier molecular flexibility index (Phi) is 7.77. The van der Waals surface area contributed by atoms with Gasteiger partial charge in [0.25, 0.3) is 6.47 Å². The van der Waals surface area contributed by atoms with Gasteiger partial charge in [0.1, 0.15) is 19.0 Å². The first-order valence-electron chi connectivity index (χ1n) is 13.2. The molecule has 3 aromatic carbocycles. The molecule has 5 rings (SSSR count).